The van der Waals surface area contributed by atoms with Crippen molar-refractivity contribution in [1.29, 1.82) is 0 Å². The number of Topliss-reactive ketones (excluding diaryl/α,β-unsaturated/α-hetero) is 1. The Balaban J connectivity index is 2.61. The topological polar surface area (TPSA) is 40.5 Å². The molecule has 0 fully saturated rings. The number of rotatable bonds is 8. The molecule has 0 heterocycles. The van der Waals surface area contributed by atoms with Gasteiger partial charge in [0.15, 0.2) is 17.4 Å². The van der Waals surface area contributed by atoms with Crippen LogP contribution in [0.4, 0.5) is 8.78 Å². The summed E-state index contributed by atoms with van der Waals surface area (Å²) in [6, 6.07) is 3.60. The van der Waals surface area contributed by atoms with Crippen LogP contribution < -0.4 is 0 Å². The number of nitrogens with zero attached hydrogens (tertiary/aromatic N) is 1. The summed E-state index contributed by atoms with van der Waals surface area (Å²) >= 11 is 0. The predicted octanol–water partition coefficient (Wildman–Crippen LogP) is 2.24. The minimum atomic E-state index is -1.09. The molecule has 0 saturated heterocycles. The van der Waals surface area contributed by atoms with E-state index in [4.69, 9.17) is 5.11 Å². The lowest BCUT2D eigenvalue weighted by Crippen LogP contribution is -2.30. The number of carbonyl (C=O) groups is 1. The second-order valence-electron chi connectivity index (χ2n) is 4.34. The molecule has 1 aromatic rings. The summed E-state index contributed by atoms with van der Waals surface area (Å²) < 4.78 is 26.4. The third kappa shape index (κ3) is 4.69. The van der Waals surface area contributed by atoms with Crippen molar-refractivity contribution >= 4 is 5.78 Å². The lowest BCUT2D eigenvalue weighted by atomic mass is 10.1. The van der Waals surface area contributed by atoms with E-state index in [0.717, 1.165) is 19.0 Å². The molecule has 0 spiro atoms. The quantitative estimate of drug-likeness (QED) is 0.737. The third-order valence-electron chi connectivity index (χ3n) is 2.86. The number of benzene rings is 1. The number of ketones is 1. The van der Waals surface area contributed by atoms with E-state index in [1.54, 1.807) is 0 Å². The minimum absolute atomic E-state index is 0.0164. The fraction of sp³-hybridized carbons (Fsp3) is 0.500. The van der Waals surface area contributed by atoms with E-state index in [-0.39, 0.29) is 18.6 Å². The monoisotopic (exact) mass is 271 g/mol. The van der Waals surface area contributed by atoms with Crippen molar-refractivity contribution in [2.24, 2.45) is 0 Å². The number of hydrogen-bond donors (Lipinski definition) is 1. The van der Waals surface area contributed by atoms with Crippen LogP contribution in [0.25, 0.3) is 0 Å². The Hall–Kier alpha value is -1.33. The molecule has 0 unspecified atom stereocenters. The van der Waals surface area contributed by atoms with Crippen molar-refractivity contribution in [3.05, 3.63) is 35.4 Å². The Kier molecular flexibility index (Phi) is 6.59. The molecule has 0 aliphatic carbocycles. The molecular weight excluding hydrogens is 252 g/mol. The standard InChI is InChI=1S/C14H19F2NO2/c1-2-7-17(9-10-18)8-6-13(19)11-4-3-5-12(15)14(11)16/h3-5,18H,2,6-10H2,1H3. The molecule has 1 aromatic carbocycles. The maximum absolute atomic E-state index is 13.4. The van der Waals surface area contributed by atoms with Gasteiger partial charge < -0.3 is 10.0 Å². The maximum Gasteiger partial charge on any atom is 0.169 e. The molecule has 0 aliphatic rings. The predicted molar refractivity (Wildman–Crippen MR) is 69.1 cm³/mol. The lowest BCUT2D eigenvalue weighted by molar-refractivity contribution is 0.0952. The van der Waals surface area contributed by atoms with E-state index in [0.29, 0.717) is 13.1 Å². The van der Waals surface area contributed by atoms with Gasteiger partial charge in [-0.15, -0.1) is 0 Å². The van der Waals surface area contributed by atoms with Crippen LogP contribution in [-0.2, 0) is 0 Å². The van der Waals surface area contributed by atoms with Gasteiger partial charge in [0.05, 0.1) is 12.2 Å². The summed E-state index contributed by atoms with van der Waals surface area (Å²) in [4.78, 5) is 13.8. The lowest BCUT2D eigenvalue weighted by Gasteiger charge is -2.19. The van der Waals surface area contributed by atoms with Crippen molar-refractivity contribution in [2.75, 3.05) is 26.2 Å². The molecule has 0 aromatic heterocycles. The second-order valence-corrected chi connectivity index (χ2v) is 4.34. The van der Waals surface area contributed by atoms with Crippen LogP contribution in [-0.4, -0.2) is 42.0 Å². The summed E-state index contributed by atoms with van der Waals surface area (Å²) in [5.41, 5.74) is -0.208. The molecule has 5 heteroatoms. The van der Waals surface area contributed by atoms with Crippen molar-refractivity contribution < 1.29 is 18.7 Å². The number of aliphatic hydroxyl groups excluding tert-OH is 1. The summed E-state index contributed by atoms with van der Waals surface area (Å²) in [6.45, 7) is 3.69. The maximum atomic E-state index is 13.4. The van der Waals surface area contributed by atoms with Crippen molar-refractivity contribution in [3.63, 3.8) is 0 Å². The van der Waals surface area contributed by atoms with E-state index < -0.39 is 17.4 Å². The van der Waals surface area contributed by atoms with Crippen LogP contribution in [0.2, 0.25) is 0 Å². The first-order valence-electron chi connectivity index (χ1n) is 6.40. The first-order chi connectivity index (χ1) is 9.10. The Labute approximate surface area is 111 Å². The molecule has 1 N–H and O–H groups in total. The number of halogens is 2. The zero-order valence-corrected chi connectivity index (χ0v) is 11.0. The number of aliphatic hydroxyl groups is 1. The zero-order valence-electron chi connectivity index (χ0n) is 11.0. The highest BCUT2D eigenvalue weighted by atomic mass is 19.2. The van der Waals surface area contributed by atoms with Crippen molar-refractivity contribution in [2.45, 2.75) is 19.8 Å². The molecule has 0 atom stereocenters. The van der Waals surface area contributed by atoms with Crippen molar-refractivity contribution in [3.8, 4) is 0 Å². The molecule has 0 saturated carbocycles. The molecule has 1 rings (SSSR count). The first kappa shape index (κ1) is 15.7. The van der Waals surface area contributed by atoms with Crippen LogP contribution in [0.3, 0.4) is 0 Å². The molecule has 0 aliphatic heterocycles. The van der Waals surface area contributed by atoms with Gasteiger partial charge in [-0.2, -0.15) is 0 Å². The van der Waals surface area contributed by atoms with E-state index in [1.807, 2.05) is 11.8 Å². The van der Waals surface area contributed by atoms with E-state index in [9.17, 15) is 13.6 Å². The molecule has 3 nitrogen and oxygen atoms in total. The highest BCUT2D eigenvalue weighted by Gasteiger charge is 2.15. The van der Waals surface area contributed by atoms with Crippen LogP contribution >= 0.6 is 0 Å². The Bertz CT molecular complexity index is 418. The van der Waals surface area contributed by atoms with Gasteiger partial charge in [-0.1, -0.05) is 13.0 Å². The van der Waals surface area contributed by atoms with Gasteiger partial charge in [0.2, 0.25) is 0 Å². The van der Waals surface area contributed by atoms with E-state index >= 15 is 0 Å². The van der Waals surface area contributed by atoms with Crippen molar-refractivity contribution in [1.82, 2.24) is 4.90 Å². The minimum Gasteiger partial charge on any atom is -0.395 e. The number of carbonyl (C=O) groups excluding carboxylic acids is 1. The molecule has 0 radical (unpaired) electrons. The van der Waals surface area contributed by atoms with Crippen LogP contribution in [0.1, 0.15) is 30.1 Å². The second kappa shape index (κ2) is 7.96. The molecular formula is C14H19F2NO2. The van der Waals surface area contributed by atoms with Crippen LogP contribution in [0, 0.1) is 11.6 Å². The smallest absolute Gasteiger partial charge is 0.169 e. The van der Waals surface area contributed by atoms with E-state index in [1.165, 1.54) is 12.1 Å². The van der Waals surface area contributed by atoms with Gasteiger partial charge in [0, 0.05) is 19.5 Å². The van der Waals surface area contributed by atoms with Gasteiger partial charge in [-0.05, 0) is 25.1 Å². The summed E-state index contributed by atoms with van der Waals surface area (Å²) in [5, 5.41) is 8.89. The fourth-order valence-corrected chi connectivity index (χ4v) is 1.91. The molecule has 19 heavy (non-hydrogen) atoms. The first-order valence-corrected chi connectivity index (χ1v) is 6.40. The third-order valence-corrected chi connectivity index (χ3v) is 2.86. The average molecular weight is 271 g/mol. The Morgan fingerprint density at radius 2 is 2.00 bits per heavy atom. The molecule has 0 bridgehead atoms. The highest BCUT2D eigenvalue weighted by Crippen LogP contribution is 2.13. The summed E-state index contributed by atoms with van der Waals surface area (Å²) in [6.07, 6.45) is 1.02. The Morgan fingerprint density at radius 1 is 1.26 bits per heavy atom. The van der Waals surface area contributed by atoms with Gasteiger partial charge in [-0.3, -0.25) is 4.79 Å². The number of hydrogen-bond acceptors (Lipinski definition) is 3. The van der Waals surface area contributed by atoms with Gasteiger partial charge in [-0.25, -0.2) is 8.78 Å². The van der Waals surface area contributed by atoms with Gasteiger partial charge in [0.25, 0.3) is 0 Å². The van der Waals surface area contributed by atoms with Gasteiger partial charge in [0.1, 0.15) is 0 Å². The Morgan fingerprint density at radius 3 is 2.63 bits per heavy atom. The fourth-order valence-electron chi connectivity index (χ4n) is 1.91. The average Bonchev–Trinajstić information content (AvgIpc) is 2.39. The largest absolute Gasteiger partial charge is 0.395 e. The van der Waals surface area contributed by atoms with Crippen LogP contribution in [0.5, 0.6) is 0 Å². The zero-order chi connectivity index (χ0) is 14.3. The molecule has 0 amide bonds. The normalized spacial score (nSPS) is 11.0. The summed E-state index contributed by atoms with van der Waals surface area (Å²) in [5.74, 6) is -2.51. The van der Waals surface area contributed by atoms with E-state index in [2.05, 4.69) is 0 Å². The molecule has 106 valence electrons. The van der Waals surface area contributed by atoms with Gasteiger partial charge >= 0.3 is 0 Å². The van der Waals surface area contributed by atoms with Crippen LogP contribution in [0.15, 0.2) is 18.2 Å². The highest BCUT2D eigenvalue weighted by molar-refractivity contribution is 5.96. The SMILES string of the molecule is CCCN(CCO)CCC(=O)c1cccc(F)c1F. The summed E-state index contributed by atoms with van der Waals surface area (Å²) in [7, 11) is 0.